The van der Waals surface area contributed by atoms with Crippen molar-refractivity contribution in [2.75, 3.05) is 11.9 Å². The highest BCUT2D eigenvalue weighted by Crippen LogP contribution is 2.14. The normalized spacial score (nSPS) is 10.1. The maximum atomic E-state index is 11.9. The Morgan fingerprint density at radius 3 is 2.35 bits per heavy atom. The van der Waals surface area contributed by atoms with Crippen LogP contribution in [0.2, 0.25) is 0 Å². The van der Waals surface area contributed by atoms with Gasteiger partial charge in [0, 0.05) is 23.4 Å². The molecule has 0 fully saturated rings. The highest BCUT2D eigenvalue weighted by molar-refractivity contribution is 6.03. The molecule has 1 heterocycles. The van der Waals surface area contributed by atoms with E-state index >= 15 is 0 Å². The van der Waals surface area contributed by atoms with Gasteiger partial charge in [0.1, 0.15) is 0 Å². The molecule has 0 radical (unpaired) electrons. The fraction of sp³-hybridized carbons (Fsp3) is 0.200. The largest absolute Gasteiger partial charge is 0.459 e. The summed E-state index contributed by atoms with van der Waals surface area (Å²) in [7, 11) is 0. The molecule has 2 amide bonds. The summed E-state index contributed by atoms with van der Waals surface area (Å²) in [5, 5.41) is 5.43. The summed E-state index contributed by atoms with van der Waals surface area (Å²) in [6.07, 6.45) is 1.47. The standard InChI is InChI=1S/C15H16N2O3/c1-3-16-14(18)11-4-6-12(7-5-11)17-15(19)13-10(2)8-9-20-13/h4-9H,3H2,1-2H3,(H,16,18)(H,17,19). The number of nitrogens with one attached hydrogen (secondary N) is 2. The van der Waals surface area contributed by atoms with E-state index in [1.807, 2.05) is 6.92 Å². The summed E-state index contributed by atoms with van der Waals surface area (Å²) < 4.78 is 5.12. The first-order valence-electron chi connectivity index (χ1n) is 6.35. The Morgan fingerprint density at radius 1 is 1.10 bits per heavy atom. The highest BCUT2D eigenvalue weighted by atomic mass is 16.3. The fourth-order valence-electron chi connectivity index (χ4n) is 1.76. The van der Waals surface area contributed by atoms with Gasteiger partial charge in [0.05, 0.1) is 6.26 Å². The van der Waals surface area contributed by atoms with Crippen LogP contribution in [0.3, 0.4) is 0 Å². The van der Waals surface area contributed by atoms with E-state index in [9.17, 15) is 9.59 Å². The van der Waals surface area contributed by atoms with Gasteiger partial charge in [-0.25, -0.2) is 0 Å². The molecular formula is C15H16N2O3. The van der Waals surface area contributed by atoms with Crippen LogP contribution in [-0.4, -0.2) is 18.4 Å². The molecular weight excluding hydrogens is 256 g/mol. The quantitative estimate of drug-likeness (QED) is 0.898. The Bertz CT molecular complexity index is 614. The zero-order chi connectivity index (χ0) is 14.5. The molecule has 0 saturated heterocycles. The molecule has 0 bridgehead atoms. The van der Waals surface area contributed by atoms with Crippen LogP contribution >= 0.6 is 0 Å². The second-order valence-electron chi connectivity index (χ2n) is 4.32. The van der Waals surface area contributed by atoms with Gasteiger partial charge in [-0.05, 0) is 44.2 Å². The molecule has 2 N–H and O–H groups in total. The molecule has 0 saturated carbocycles. The number of carbonyl (C=O) groups excluding carboxylic acids is 2. The third kappa shape index (κ3) is 3.06. The monoisotopic (exact) mass is 272 g/mol. The number of hydrogen-bond acceptors (Lipinski definition) is 3. The number of rotatable bonds is 4. The minimum Gasteiger partial charge on any atom is -0.459 e. The predicted molar refractivity (Wildman–Crippen MR) is 75.8 cm³/mol. The molecule has 0 aliphatic heterocycles. The average Bonchev–Trinajstić information content (AvgIpc) is 2.86. The van der Waals surface area contributed by atoms with Crippen molar-refractivity contribution in [1.29, 1.82) is 0 Å². The Balaban J connectivity index is 2.06. The van der Waals surface area contributed by atoms with Crippen LogP contribution in [0.5, 0.6) is 0 Å². The van der Waals surface area contributed by atoms with Gasteiger partial charge in [0.25, 0.3) is 11.8 Å². The average molecular weight is 272 g/mol. The van der Waals surface area contributed by atoms with E-state index in [1.165, 1.54) is 6.26 Å². The summed E-state index contributed by atoms with van der Waals surface area (Å²) in [5.41, 5.74) is 1.94. The van der Waals surface area contributed by atoms with Gasteiger partial charge < -0.3 is 15.1 Å². The lowest BCUT2D eigenvalue weighted by atomic mass is 10.2. The van der Waals surface area contributed by atoms with Crippen LogP contribution in [0.4, 0.5) is 5.69 Å². The maximum absolute atomic E-state index is 11.9. The lowest BCUT2D eigenvalue weighted by Gasteiger charge is -2.06. The molecule has 0 aliphatic carbocycles. The smallest absolute Gasteiger partial charge is 0.291 e. The van der Waals surface area contributed by atoms with Crippen molar-refractivity contribution >= 4 is 17.5 Å². The fourth-order valence-corrected chi connectivity index (χ4v) is 1.76. The molecule has 2 rings (SSSR count). The summed E-state index contributed by atoms with van der Waals surface area (Å²) >= 11 is 0. The predicted octanol–water partition coefficient (Wildman–Crippen LogP) is 2.59. The molecule has 0 unspecified atom stereocenters. The van der Waals surface area contributed by atoms with Crippen molar-refractivity contribution in [3.05, 3.63) is 53.5 Å². The number of aryl methyl sites for hydroxylation is 1. The third-order valence-electron chi connectivity index (χ3n) is 2.81. The molecule has 104 valence electrons. The Hall–Kier alpha value is -2.56. The number of amides is 2. The number of furan rings is 1. The summed E-state index contributed by atoms with van der Waals surface area (Å²) in [6, 6.07) is 8.42. The zero-order valence-corrected chi connectivity index (χ0v) is 11.4. The van der Waals surface area contributed by atoms with E-state index in [1.54, 1.807) is 37.3 Å². The van der Waals surface area contributed by atoms with Gasteiger partial charge in [0.15, 0.2) is 5.76 Å². The van der Waals surface area contributed by atoms with Gasteiger partial charge in [-0.3, -0.25) is 9.59 Å². The summed E-state index contributed by atoms with van der Waals surface area (Å²) in [6.45, 7) is 4.24. The first kappa shape index (κ1) is 13.9. The molecule has 0 atom stereocenters. The Kier molecular flexibility index (Phi) is 4.20. The first-order chi connectivity index (χ1) is 9.61. The van der Waals surface area contributed by atoms with Gasteiger partial charge in [-0.1, -0.05) is 0 Å². The third-order valence-corrected chi connectivity index (χ3v) is 2.81. The van der Waals surface area contributed by atoms with Crippen molar-refractivity contribution in [2.45, 2.75) is 13.8 Å². The minimum absolute atomic E-state index is 0.132. The summed E-state index contributed by atoms with van der Waals surface area (Å²) in [4.78, 5) is 23.5. The number of anilines is 1. The van der Waals surface area contributed by atoms with Crippen LogP contribution in [0.25, 0.3) is 0 Å². The number of carbonyl (C=O) groups is 2. The molecule has 1 aromatic carbocycles. The van der Waals surface area contributed by atoms with E-state index in [0.717, 1.165) is 5.56 Å². The van der Waals surface area contributed by atoms with Crippen molar-refractivity contribution < 1.29 is 14.0 Å². The minimum atomic E-state index is -0.307. The second-order valence-corrected chi connectivity index (χ2v) is 4.32. The van der Waals surface area contributed by atoms with Crippen LogP contribution in [-0.2, 0) is 0 Å². The van der Waals surface area contributed by atoms with E-state index in [4.69, 9.17) is 4.42 Å². The van der Waals surface area contributed by atoms with E-state index < -0.39 is 0 Å². The first-order valence-corrected chi connectivity index (χ1v) is 6.35. The van der Waals surface area contributed by atoms with Gasteiger partial charge >= 0.3 is 0 Å². The van der Waals surface area contributed by atoms with Crippen molar-refractivity contribution in [1.82, 2.24) is 5.32 Å². The highest BCUT2D eigenvalue weighted by Gasteiger charge is 2.12. The second kappa shape index (κ2) is 6.06. The van der Waals surface area contributed by atoms with E-state index in [0.29, 0.717) is 17.8 Å². The molecule has 5 nitrogen and oxygen atoms in total. The van der Waals surface area contributed by atoms with E-state index in [-0.39, 0.29) is 17.6 Å². The number of hydrogen-bond donors (Lipinski definition) is 2. The maximum Gasteiger partial charge on any atom is 0.291 e. The SMILES string of the molecule is CCNC(=O)c1ccc(NC(=O)c2occc2C)cc1. The Morgan fingerprint density at radius 2 is 1.80 bits per heavy atom. The molecule has 0 aliphatic rings. The molecule has 0 spiro atoms. The van der Waals surface area contributed by atoms with Crippen LogP contribution in [0, 0.1) is 6.92 Å². The lowest BCUT2D eigenvalue weighted by molar-refractivity contribution is 0.0955. The zero-order valence-electron chi connectivity index (χ0n) is 11.4. The van der Waals surface area contributed by atoms with E-state index in [2.05, 4.69) is 10.6 Å². The Labute approximate surface area is 117 Å². The van der Waals surface area contributed by atoms with Gasteiger partial charge in [-0.2, -0.15) is 0 Å². The summed E-state index contributed by atoms with van der Waals surface area (Å²) in [5.74, 6) is -0.150. The van der Waals surface area contributed by atoms with Gasteiger partial charge in [0.2, 0.25) is 0 Å². The van der Waals surface area contributed by atoms with Crippen molar-refractivity contribution in [3.63, 3.8) is 0 Å². The van der Waals surface area contributed by atoms with Crippen molar-refractivity contribution in [2.24, 2.45) is 0 Å². The van der Waals surface area contributed by atoms with Gasteiger partial charge in [-0.15, -0.1) is 0 Å². The van der Waals surface area contributed by atoms with Crippen LogP contribution in [0.15, 0.2) is 41.0 Å². The molecule has 20 heavy (non-hydrogen) atoms. The van der Waals surface area contributed by atoms with Crippen molar-refractivity contribution in [3.8, 4) is 0 Å². The van der Waals surface area contributed by atoms with Crippen LogP contribution < -0.4 is 10.6 Å². The lowest BCUT2D eigenvalue weighted by Crippen LogP contribution is -2.22. The topological polar surface area (TPSA) is 71.3 Å². The molecule has 1 aromatic heterocycles. The van der Waals surface area contributed by atoms with Crippen LogP contribution in [0.1, 0.15) is 33.4 Å². The molecule has 2 aromatic rings. The number of benzene rings is 1. The molecule has 5 heteroatoms.